The van der Waals surface area contributed by atoms with E-state index in [0.717, 1.165) is 18.5 Å². The third-order valence-electron chi connectivity index (χ3n) is 2.07. The second-order valence-electron chi connectivity index (χ2n) is 3.22. The molecule has 0 aliphatic carbocycles. The van der Waals surface area contributed by atoms with E-state index >= 15 is 0 Å². The molecule has 0 saturated heterocycles. The minimum atomic E-state index is -0.327. The second-order valence-corrected chi connectivity index (χ2v) is 3.22. The molecule has 0 amide bonds. The van der Waals surface area contributed by atoms with Crippen LogP contribution in [0, 0.1) is 5.82 Å². The van der Waals surface area contributed by atoms with Gasteiger partial charge in [0.1, 0.15) is 0 Å². The fraction of sp³-hybridized carbons (Fsp3) is 0.333. The van der Waals surface area contributed by atoms with Crippen molar-refractivity contribution in [2.45, 2.75) is 13.0 Å². The lowest BCUT2D eigenvalue weighted by atomic mass is 10.2. The van der Waals surface area contributed by atoms with E-state index < -0.39 is 0 Å². The highest BCUT2D eigenvalue weighted by Gasteiger charge is 2.02. The van der Waals surface area contributed by atoms with Crippen molar-refractivity contribution in [3.8, 4) is 5.75 Å². The van der Waals surface area contributed by atoms with E-state index in [-0.39, 0.29) is 11.6 Å². The number of hydrogen-bond donors (Lipinski definition) is 1. The van der Waals surface area contributed by atoms with Crippen molar-refractivity contribution in [1.82, 2.24) is 5.32 Å². The average Bonchev–Trinajstić information content (AvgIpc) is 2.26. The molecule has 0 atom stereocenters. The maximum atomic E-state index is 13.1. The summed E-state index contributed by atoms with van der Waals surface area (Å²) in [6, 6.07) is 4.87. The molecular weight excluding hydrogens is 193 g/mol. The first-order valence-corrected chi connectivity index (χ1v) is 4.92. The van der Waals surface area contributed by atoms with Crippen molar-refractivity contribution in [3.63, 3.8) is 0 Å². The maximum Gasteiger partial charge on any atom is 0.165 e. The Morgan fingerprint density at radius 2 is 2.33 bits per heavy atom. The first-order valence-electron chi connectivity index (χ1n) is 4.92. The van der Waals surface area contributed by atoms with Crippen LogP contribution < -0.4 is 10.1 Å². The van der Waals surface area contributed by atoms with Crippen molar-refractivity contribution < 1.29 is 9.13 Å². The summed E-state index contributed by atoms with van der Waals surface area (Å²) in [5.41, 5.74) is 1.01. The van der Waals surface area contributed by atoms with Gasteiger partial charge in [-0.3, -0.25) is 0 Å². The highest BCUT2D eigenvalue weighted by Crippen LogP contribution is 2.17. The van der Waals surface area contributed by atoms with Crippen LogP contribution in [0.4, 0.5) is 4.39 Å². The summed E-state index contributed by atoms with van der Waals surface area (Å²) < 4.78 is 17.9. The molecule has 0 aromatic heterocycles. The van der Waals surface area contributed by atoms with E-state index in [1.54, 1.807) is 12.1 Å². The van der Waals surface area contributed by atoms with Gasteiger partial charge in [-0.2, -0.15) is 0 Å². The summed E-state index contributed by atoms with van der Waals surface area (Å²) in [6.07, 6.45) is 2.79. The first kappa shape index (κ1) is 11.7. The van der Waals surface area contributed by atoms with Gasteiger partial charge in [-0.1, -0.05) is 12.1 Å². The number of hydrogen-bond acceptors (Lipinski definition) is 2. The second kappa shape index (κ2) is 6.19. The zero-order valence-corrected chi connectivity index (χ0v) is 8.92. The number of benzene rings is 1. The number of halogens is 1. The van der Waals surface area contributed by atoms with Gasteiger partial charge >= 0.3 is 0 Å². The Hall–Kier alpha value is -1.35. The minimum Gasteiger partial charge on any atom is -0.494 e. The molecule has 0 aliphatic rings. The molecule has 0 spiro atoms. The van der Waals surface area contributed by atoms with Crippen molar-refractivity contribution in [2.24, 2.45) is 0 Å². The van der Waals surface area contributed by atoms with Crippen LogP contribution >= 0.6 is 0 Å². The van der Waals surface area contributed by atoms with Gasteiger partial charge in [0.05, 0.1) is 7.11 Å². The Morgan fingerprint density at radius 1 is 1.53 bits per heavy atom. The van der Waals surface area contributed by atoms with Crippen LogP contribution in [0.2, 0.25) is 0 Å². The van der Waals surface area contributed by atoms with E-state index in [9.17, 15) is 4.39 Å². The molecule has 1 aromatic carbocycles. The molecule has 0 unspecified atom stereocenters. The third kappa shape index (κ3) is 3.72. The average molecular weight is 209 g/mol. The SMILES string of the molecule is C=CCCNCc1ccc(F)c(OC)c1. The van der Waals surface area contributed by atoms with E-state index in [4.69, 9.17) is 4.74 Å². The molecule has 1 N–H and O–H groups in total. The molecule has 2 nitrogen and oxygen atoms in total. The summed E-state index contributed by atoms with van der Waals surface area (Å²) in [4.78, 5) is 0. The van der Waals surface area contributed by atoms with Gasteiger partial charge < -0.3 is 10.1 Å². The first-order chi connectivity index (χ1) is 7.27. The quantitative estimate of drug-likeness (QED) is 0.574. The maximum absolute atomic E-state index is 13.1. The Balaban J connectivity index is 2.50. The summed E-state index contributed by atoms with van der Waals surface area (Å²) in [7, 11) is 1.47. The standard InChI is InChI=1S/C12H16FNO/c1-3-4-7-14-9-10-5-6-11(13)12(8-10)15-2/h3,5-6,8,14H,1,4,7,9H2,2H3. The van der Waals surface area contributed by atoms with Crippen molar-refractivity contribution in [1.29, 1.82) is 0 Å². The number of nitrogens with one attached hydrogen (secondary N) is 1. The minimum absolute atomic E-state index is 0.290. The molecule has 15 heavy (non-hydrogen) atoms. The van der Waals surface area contributed by atoms with Gasteiger partial charge in [-0.25, -0.2) is 4.39 Å². The zero-order chi connectivity index (χ0) is 11.1. The molecule has 1 rings (SSSR count). The summed E-state index contributed by atoms with van der Waals surface area (Å²) in [5, 5.41) is 3.22. The molecule has 82 valence electrons. The van der Waals surface area contributed by atoms with E-state index in [1.807, 2.05) is 6.08 Å². The summed E-state index contributed by atoms with van der Waals surface area (Å²) in [6.45, 7) is 5.23. The lowest BCUT2D eigenvalue weighted by Gasteiger charge is -2.06. The van der Waals surface area contributed by atoms with Gasteiger partial charge in [-0.15, -0.1) is 6.58 Å². The van der Waals surface area contributed by atoms with E-state index in [1.165, 1.54) is 13.2 Å². The number of methoxy groups -OCH3 is 1. The topological polar surface area (TPSA) is 21.3 Å². The van der Waals surface area contributed by atoms with Crippen LogP contribution in [0.15, 0.2) is 30.9 Å². The molecule has 0 heterocycles. The predicted molar refractivity (Wildman–Crippen MR) is 59.5 cm³/mol. The fourth-order valence-corrected chi connectivity index (χ4v) is 1.25. The molecule has 3 heteroatoms. The van der Waals surface area contributed by atoms with Crippen LogP contribution in [-0.4, -0.2) is 13.7 Å². The van der Waals surface area contributed by atoms with E-state index in [0.29, 0.717) is 6.54 Å². The zero-order valence-electron chi connectivity index (χ0n) is 8.92. The van der Waals surface area contributed by atoms with Crippen LogP contribution in [-0.2, 0) is 6.54 Å². The molecule has 0 bridgehead atoms. The van der Waals surface area contributed by atoms with Gasteiger partial charge in [-0.05, 0) is 30.7 Å². The molecular formula is C12H16FNO. The molecule has 0 saturated carbocycles. The largest absolute Gasteiger partial charge is 0.494 e. The molecule has 1 aromatic rings. The Morgan fingerprint density at radius 3 is 3.00 bits per heavy atom. The van der Waals surface area contributed by atoms with Crippen LogP contribution in [0.25, 0.3) is 0 Å². The van der Waals surface area contributed by atoms with Gasteiger partial charge in [0, 0.05) is 6.54 Å². The predicted octanol–water partition coefficient (Wildman–Crippen LogP) is 2.50. The smallest absolute Gasteiger partial charge is 0.165 e. The lowest BCUT2D eigenvalue weighted by Crippen LogP contribution is -2.14. The highest BCUT2D eigenvalue weighted by atomic mass is 19.1. The Labute approximate surface area is 89.8 Å². The lowest BCUT2D eigenvalue weighted by molar-refractivity contribution is 0.385. The van der Waals surface area contributed by atoms with Gasteiger partial charge in [0.15, 0.2) is 11.6 Å². The van der Waals surface area contributed by atoms with Gasteiger partial charge in [0.2, 0.25) is 0 Å². The van der Waals surface area contributed by atoms with Crippen LogP contribution in [0.1, 0.15) is 12.0 Å². The summed E-state index contributed by atoms with van der Waals surface area (Å²) in [5.74, 6) is -0.0367. The fourth-order valence-electron chi connectivity index (χ4n) is 1.25. The van der Waals surface area contributed by atoms with Crippen LogP contribution in [0.3, 0.4) is 0 Å². The monoisotopic (exact) mass is 209 g/mol. The highest BCUT2D eigenvalue weighted by molar-refractivity contribution is 5.30. The van der Waals surface area contributed by atoms with Crippen molar-refractivity contribution >= 4 is 0 Å². The normalized spacial score (nSPS) is 10.0. The van der Waals surface area contributed by atoms with Crippen molar-refractivity contribution in [2.75, 3.05) is 13.7 Å². The number of ether oxygens (including phenoxy) is 1. The van der Waals surface area contributed by atoms with Crippen molar-refractivity contribution in [3.05, 3.63) is 42.2 Å². The molecule has 0 aliphatic heterocycles. The molecule has 0 radical (unpaired) electrons. The third-order valence-corrected chi connectivity index (χ3v) is 2.07. The van der Waals surface area contributed by atoms with Crippen LogP contribution in [0.5, 0.6) is 5.75 Å². The Bertz CT molecular complexity index is 325. The Kier molecular flexibility index (Phi) is 4.84. The molecule has 0 fully saturated rings. The summed E-state index contributed by atoms with van der Waals surface area (Å²) >= 11 is 0. The van der Waals surface area contributed by atoms with E-state index in [2.05, 4.69) is 11.9 Å². The number of rotatable bonds is 6. The van der Waals surface area contributed by atoms with Gasteiger partial charge in [0.25, 0.3) is 0 Å².